The van der Waals surface area contributed by atoms with Gasteiger partial charge in [-0.1, -0.05) is 15.9 Å². The number of amidine groups is 1. The van der Waals surface area contributed by atoms with Crippen LogP contribution in [0.2, 0.25) is 0 Å². The van der Waals surface area contributed by atoms with Crippen molar-refractivity contribution in [1.82, 2.24) is 26.2 Å². The van der Waals surface area contributed by atoms with Crippen molar-refractivity contribution >= 4 is 45.8 Å². The number of benzene rings is 1. The monoisotopic (exact) mass is 779 g/mol. The number of carbonyl (C=O) groups excluding carboxylic acids is 3. The van der Waals surface area contributed by atoms with Crippen molar-refractivity contribution in [3.05, 3.63) is 46.6 Å². The predicted octanol–water partition coefficient (Wildman–Crippen LogP) is 3.70. The lowest BCUT2D eigenvalue weighted by Crippen LogP contribution is -2.54. The van der Waals surface area contributed by atoms with Gasteiger partial charge in [-0.05, 0) is 105 Å². The zero-order valence-electron chi connectivity index (χ0n) is 30.3. The van der Waals surface area contributed by atoms with Gasteiger partial charge in [-0.25, -0.2) is 14.6 Å². The quantitative estimate of drug-likeness (QED) is 0.139. The summed E-state index contributed by atoms with van der Waals surface area (Å²) in [5.41, 5.74) is -1.04. The molecule has 1 aromatic carbocycles. The predicted molar refractivity (Wildman–Crippen MR) is 192 cm³/mol. The molecule has 0 aliphatic carbocycles. The van der Waals surface area contributed by atoms with Crippen LogP contribution in [0.1, 0.15) is 78.6 Å². The van der Waals surface area contributed by atoms with Crippen LogP contribution in [-0.4, -0.2) is 107 Å². The third kappa shape index (κ3) is 12.2. The number of hydrogen-bond acceptors (Lipinski definition) is 13. The van der Waals surface area contributed by atoms with Gasteiger partial charge in [0.25, 0.3) is 5.91 Å². The third-order valence-corrected chi connectivity index (χ3v) is 7.84. The first kappa shape index (κ1) is 40.2. The topological polar surface area (TPSA) is 194 Å². The summed E-state index contributed by atoms with van der Waals surface area (Å²) in [7, 11) is 0. The number of aliphatic imine (C=N–C) groups is 2. The molecule has 16 nitrogen and oxygen atoms in total. The number of aliphatic hydroxyl groups excluding tert-OH is 1. The summed E-state index contributed by atoms with van der Waals surface area (Å²) in [5, 5.41) is 21.2. The highest BCUT2D eigenvalue weighted by Gasteiger charge is 2.57. The summed E-state index contributed by atoms with van der Waals surface area (Å²) in [6.07, 6.45) is 0.126. The van der Waals surface area contributed by atoms with Crippen molar-refractivity contribution in [3.8, 4) is 0 Å². The molecule has 0 saturated carbocycles. The maximum Gasteiger partial charge on any atom is 0.414 e. The van der Waals surface area contributed by atoms with E-state index in [9.17, 15) is 19.5 Å². The molecular weight excluding hydrogens is 730 g/mol. The molecule has 0 aromatic heterocycles. The molecule has 3 heterocycles. The first-order valence-electron chi connectivity index (χ1n) is 16.8. The molecule has 1 unspecified atom stereocenters. The zero-order valence-corrected chi connectivity index (χ0v) is 31.9. The Morgan fingerprint density at radius 1 is 0.980 bits per heavy atom. The third-order valence-electron chi connectivity index (χ3n) is 7.32. The minimum atomic E-state index is -0.865. The summed E-state index contributed by atoms with van der Waals surface area (Å²) in [5.74, 6) is -0.946. The van der Waals surface area contributed by atoms with E-state index in [1.165, 1.54) is 0 Å². The molecule has 3 aliphatic heterocycles. The van der Waals surface area contributed by atoms with Crippen molar-refractivity contribution in [2.24, 2.45) is 9.98 Å². The van der Waals surface area contributed by atoms with E-state index in [1.807, 2.05) is 18.7 Å². The van der Waals surface area contributed by atoms with Crippen LogP contribution < -0.4 is 21.3 Å². The Bertz CT molecular complexity index is 1460. The number of guanidine groups is 1. The summed E-state index contributed by atoms with van der Waals surface area (Å²) in [6, 6.07) is 6.97. The van der Waals surface area contributed by atoms with E-state index in [0.29, 0.717) is 30.8 Å². The van der Waals surface area contributed by atoms with Crippen LogP contribution >= 0.6 is 15.9 Å². The Morgan fingerprint density at radius 2 is 1.59 bits per heavy atom. The largest absolute Gasteiger partial charge is 0.444 e. The second-order valence-electron chi connectivity index (χ2n) is 14.6. The Hall–Kier alpha value is -3.61. The average Bonchev–Trinajstić information content (AvgIpc) is 3.49. The lowest BCUT2D eigenvalue weighted by atomic mass is 10.1. The molecule has 0 spiro atoms. The summed E-state index contributed by atoms with van der Waals surface area (Å²) in [6.45, 7) is 14.4. The van der Waals surface area contributed by atoms with Crippen LogP contribution in [0, 0.1) is 0 Å². The van der Waals surface area contributed by atoms with E-state index >= 15 is 0 Å². The molecule has 3 aliphatic rings. The number of unbranched alkanes of at least 4 members (excludes halogenated alkanes) is 1. The lowest BCUT2D eigenvalue weighted by Gasteiger charge is -2.37. The van der Waals surface area contributed by atoms with Crippen molar-refractivity contribution < 1.29 is 43.2 Å². The molecule has 0 radical (unpaired) electrons. The first-order valence-corrected chi connectivity index (χ1v) is 17.6. The highest BCUT2D eigenvalue weighted by molar-refractivity contribution is 9.10. The summed E-state index contributed by atoms with van der Waals surface area (Å²) >= 11 is 3.38. The molecule has 2 fully saturated rings. The van der Waals surface area contributed by atoms with E-state index in [1.54, 1.807) is 78.1 Å². The maximum atomic E-state index is 13.0. The highest BCUT2D eigenvalue weighted by atomic mass is 79.9. The van der Waals surface area contributed by atoms with Crippen molar-refractivity contribution in [2.45, 2.75) is 116 Å². The van der Waals surface area contributed by atoms with E-state index < -0.39 is 60.0 Å². The molecule has 17 heteroatoms. The Morgan fingerprint density at radius 3 is 2.18 bits per heavy atom. The number of nitrogens with one attached hydrogen (secondary N) is 4. The van der Waals surface area contributed by atoms with Gasteiger partial charge in [-0.15, -0.1) is 0 Å². The van der Waals surface area contributed by atoms with E-state index in [4.69, 9.17) is 28.7 Å². The van der Waals surface area contributed by atoms with E-state index in [0.717, 1.165) is 4.47 Å². The number of fused-ring (bicyclic) bond motifs is 1. The normalized spacial score (nSPS) is 23.9. The van der Waals surface area contributed by atoms with E-state index in [-0.39, 0.29) is 25.0 Å². The van der Waals surface area contributed by atoms with E-state index in [2.05, 4.69) is 42.2 Å². The fraction of sp³-hybridized carbons (Fsp3) is 0.618. The van der Waals surface area contributed by atoms with Crippen LogP contribution in [-0.2, 0) is 23.7 Å². The summed E-state index contributed by atoms with van der Waals surface area (Å²) in [4.78, 5) is 48.8. The highest BCUT2D eigenvalue weighted by Crippen LogP contribution is 2.40. The molecule has 2 saturated heterocycles. The van der Waals surface area contributed by atoms with Crippen molar-refractivity contribution in [3.63, 3.8) is 0 Å². The lowest BCUT2D eigenvalue weighted by molar-refractivity contribution is -0.208. The number of amides is 3. The fourth-order valence-electron chi connectivity index (χ4n) is 5.33. The molecule has 4 rings (SSSR count). The SMILES string of the molecule is CC(C)(C)OC(=O)NC(=NCCCCNC1N=C(NC(=O)c2ccc(Br)cc2)C=CN1[C@@H]1O[C@H](CO)[C@H]2OC(C)(C)O[C@H]21)NC(=O)OC(C)(C)C. The number of carbonyl (C=O) groups is 3. The molecule has 1 aromatic rings. The van der Waals surface area contributed by atoms with Gasteiger partial charge in [0, 0.05) is 22.8 Å². The van der Waals surface area contributed by atoms with Gasteiger partial charge in [-0.3, -0.25) is 25.7 Å². The van der Waals surface area contributed by atoms with Gasteiger partial charge in [0.2, 0.25) is 5.96 Å². The van der Waals surface area contributed by atoms with Crippen LogP contribution in [0.5, 0.6) is 0 Å². The maximum absolute atomic E-state index is 13.0. The fourth-order valence-corrected chi connectivity index (χ4v) is 5.60. The number of alkyl carbamates (subject to hydrolysis) is 2. The van der Waals surface area contributed by atoms with Crippen LogP contribution in [0.4, 0.5) is 9.59 Å². The van der Waals surface area contributed by atoms with Gasteiger partial charge < -0.3 is 39.0 Å². The van der Waals surface area contributed by atoms with Crippen LogP contribution in [0.15, 0.2) is 51.0 Å². The number of aliphatic hydroxyl groups is 1. The Kier molecular flexibility index (Phi) is 13.2. The zero-order chi connectivity index (χ0) is 37.6. The van der Waals surface area contributed by atoms with Gasteiger partial charge in [0.05, 0.1) is 6.61 Å². The molecular formula is C34H50BrN7O9. The molecule has 51 heavy (non-hydrogen) atoms. The number of hydrogen-bond donors (Lipinski definition) is 5. The van der Waals surface area contributed by atoms with Gasteiger partial charge in [-0.2, -0.15) is 0 Å². The number of nitrogens with zero attached hydrogens (tertiary/aromatic N) is 3. The minimum absolute atomic E-state index is 0.0983. The van der Waals surface area contributed by atoms with Crippen LogP contribution in [0.3, 0.4) is 0 Å². The molecule has 5 N–H and O–H groups in total. The molecule has 282 valence electrons. The second kappa shape index (κ2) is 16.8. The van der Waals surface area contributed by atoms with Gasteiger partial charge in [0.15, 0.2) is 18.3 Å². The second-order valence-corrected chi connectivity index (χ2v) is 15.5. The van der Waals surface area contributed by atoms with Gasteiger partial charge in [0.1, 0.15) is 35.3 Å². The Labute approximate surface area is 306 Å². The molecule has 3 amide bonds. The number of rotatable bonds is 9. The first-order chi connectivity index (χ1) is 23.8. The Balaban J connectivity index is 1.42. The van der Waals surface area contributed by atoms with Crippen molar-refractivity contribution in [2.75, 3.05) is 19.7 Å². The average molecular weight is 781 g/mol. The standard InChI is InChI=1S/C34H50BrN7O9/c1-32(2,3)50-30(45)40-28(41-31(46)51-33(4,5)6)36-16-9-10-17-37-29-39-23(38-26(44)20-11-13-21(35)14-12-20)15-18-42(29)27-25-24(22(19-43)47-27)48-34(7,8)49-25/h11-15,18,22,24-25,27,29,37,43H,9-10,16-17,19H2,1-8H3,(H,38,39,44)(H2,36,40,41,45,46)/t22-,24-,25-,27-,29?/m1/s1. The summed E-state index contributed by atoms with van der Waals surface area (Å²) < 4.78 is 29.9. The smallest absolute Gasteiger partial charge is 0.414 e. The minimum Gasteiger partial charge on any atom is -0.444 e. The van der Waals surface area contributed by atoms with Crippen molar-refractivity contribution in [1.29, 1.82) is 0 Å². The molecule has 0 bridgehead atoms. The number of halogens is 1. The van der Waals surface area contributed by atoms with Crippen LogP contribution in [0.25, 0.3) is 0 Å². The number of ether oxygens (including phenoxy) is 5. The molecule has 5 atom stereocenters. The van der Waals surface area contributed by atoms with Gasteiger partial charge >= 0.3 is 12.2 Å².